The number of aromatic carboxylic acids is 1. The van der Waals surface area contributed by atoms with E-state index in [0.717, 1.165) is 0 Å². The van der Waals surface area contributed by atoms with Crippen LogP contribution in [0.4, 0.5) is 5.69 Å². The van der Waals surface area contributed by atoms with Gasteiger partial charge < -0.3 is 15.4 Å². The average Bonchev–Trinajstić information content (AvgIpc) is 2.91. The highest BCUT2D eigenvalue weighted by atomic mass is 35.5. The maximum absolute atomic E-state index is 12.2. The Morgan fingerprint density at radius 2 is 1.87 bits per heavy atom. The van der Waals surface area contributed by atoms with Crippen LogP contribution in [0.3, 0.4) is 0 Å². The lowest BCUT2D eigenvalue weighted by molar-refractivity contribution is 0.0692. The van der Waals surface area contributed by atoms with Gasteiger partial charge in [-0.2, -0.15) is 0 Å². The van der Waals surface area contributed by atoms with E-state index in [4.69, 9.17) is 11.6 Å². The lowest BCUT2D eigenvalue weighted by atomic mass is 10.1. The van der Waals surface area contributed by atoms with Crippen molar-refractivity contribution in [1.82, 2.24) is 4.98 Å². The summed E-state index contributed by atoms with van der Waals surface area (Å²) in [4.78, 5) is 26.4. The van der Waals surface area contributed by atoms with Gasteiger partial charge in [-0.1, -0.05) is 41.9 Å². The van der Waals surface area contributed by atoms with E-state index < -0.39 is 5.97 Å². The van der Waals surface area contributed by atoms with Gasteiger partial charge in [-0.05, 0) is 18.2 Å². The highest BCUT2D eigenvalue weighted by molar-refractivity contribution is 6.31. The SMILES string of the molecule is O=C(CNc1c(C(=O)O)[nH]c2cc(Cl)ccc12)c1ccccc1. The summed E-state index contributed by atoms with van der Waals surface area (Å²) in [5, 5.41) is 13.4. The second-order valence-corrected chi connectivity index (χ2v) is 5.45. The van der Waals surface area contributed by atoms with Crippen molar-refractivity contribution in [3.63, 3.8) is 0 Å². The lowest BCUT2D eigenvalue weighted by Gasteiger charge is -2.06. The minimum Gasteiger partial charge on any atom is -0.477 e. The van der Waals surface area contributed by atoms with E-state index in [9.17, 15) is 14.7 Å². The van der Waals surface area contributed by atoms with Gasteiger partial charge in [0.25, 0.3) is 0 Å². The van der Waals surface area contributed by atoms with Crippen LogP contribution < -0.4 is 5.32 Å². The van der Waals surface area contributed by atoms with Gasteiger partial charge in [-0.3, -0.25) is 4.79 Å². The number of halogens is 1. The van der Waals surface area contributed by atoms with Crippen LogP contribution in [0.25, 0.3) is 10.9 Å². The summed E-state index contributed by atoms with van der Waals surface area (Å²) < 4.78 is 0. The third-order valence-electron chi connectivity index (χ3n) is 3.50. The van der Waals surface area contributed by atoms with Crippen molar-refractivity contribution in [2.24, 2.45) is 0 Å². The highest BCUT2D eigenvalue weighted by Crippen LogP contribution is 2.29. The average molecular weight is 329 g/mol. The number of carboxylic acid groups (broad SMARTS) is 1. The molecule has 1 heterocycles. The number of Topliss-reactive ketones (excluding diaryl/α,β-unsaturated/α-hetero) is 1. The van der Waals surface area contributed by atoms with Gasteiger partial charge in [0, 0.05) is 21.5 Å². The van der Waals surface area contributed by atoms with Gasteiger partial charge in [0.2, 0.25) is 0 Å². The maximum Gasteiger partial charge on any atom is 0.354 e. The molecule has 23 heavy (non-hydrogen) atoms. The zero-order valence-corrected chi connectivity index (χ0v) is 12.7. The number of carbonyl (C=O) groups excluding carboxylic acids is 1. The Balaban J connectivity index is 1.91. The molecule has 3 N–H and O–H groups in total. The van der Waals surface area contributed by atoms with Gasteiger partial charge in [0.1, 0.15) is 5.69 Å². The molecule has 116 valence electrons. The van der Waals surface area contributed by atoms with Crippen molar-refractivity contribution in [2.45, 2.75) is 0 Å². The Bertz CT molecular complexity index is 887. The summed E-state index contributed by atoms with van der Waals surface area (Å²) in [6.07, 6.45) is 0. The quantitative estimate of drug-likeness (QED) is 0.622. The molecular weight excluding hydrogens is 316 g/mol. The number of carboxylic acids is 1. The van der Waals surface area contributed by atoms with Gasteiger partial charge in [-0.25, -0.2) is 4.79 Å². The molecule has 0 aliphatic heterocycles. The summed E-state index contributed by atoms with van der Waals surface area (Å²) >= 11 is 5.93. The molecule has 1 aromatic heterocycles. The zero-order chi connectivity index (χ0) is 16.4. The van der Waals surface area contributed by atoms with E-state index in [2.05, 4.69) is 10.3 Å². The van der Waals surface area contributed by atoms with Gasteiger partial charge in [0.05, 0.1) is 12.2 Å². The molecule has 0 bridgehead atoms. The largest absolute Gasteiger partial charge is 0.477 e. The Morgan fingerprint density at radius 3 is 2.57 bits per heavy atom. The molecule has 0 spiro atoms. The molecule has 3 rings (SSSR count). The molecule has 0 saturated carbocycles. The third-order valence-corrected chi connectivity index (χ3v) is 3.73. The number of benzene rings is 2. The zero-order valence-electron chi connectivity index (χ0n) is 12.0. The number of anilines is 1. The molecule has 0 fully saturated rings. The number of nitrogens with one attached hydrogen (secondary N) is 2. The number of aromatic nitrogens is 1. The number of fused-ring (bicyclic) bond motifs is 1. The second-order valence-electron chi connectivity index (χ2n) is 5.01. The van der Waals surface area contributed by atoms with Crippen LogP contribution in [0.2, 0.25) is 5.02 Å². The topological polar surface area (TPSA) is 82.2 Å². The van der Waals surface area contributed by atoms with Crippen molar-refractivity contribution in [2.75, 3.05) is 11.9 Å². The Kier molecular flexibility index (Phi) is 4.04. The van der Waals surface area contributed by atoms with Crippen molar-refractivity contribution in [3.05, 3.63) is 64.8 Å². The number of hydrogen-bond acceptors (Lipinski definition) is 3. The summed E-state index contributed by atoms with van der Waals surface area (Å²) in [5.74, 6) is -1.22. The number of ketones is 1. The Labute approximate surface area is 136 Å². The molecule has 5 nitrogen and oxygen atoms in total. The smallest absolute Gasteiger partial charge is 0.354 e. The van der Waals surface area contributed by atoms with E-state index in [1.165, 1.54) is 0 Å². The Morgan fingerprint density at radius 1 is 1.13 bits per heavy atom. The molecule has 0 aliphatic rings. The summed E-state index contributed by atoms with van der Waals surface area (Å²) in [6, 6.07) is 13.9. The van der Waals surface area contributed by atoms with Gasteiger partial charge in [0.15, 0.2) is 5.78 Å². The van der Waals surface area contributed by atoms with Crippen molar-refractivity contribution in [3.8, 4) is 0 Å². The van der Waals surface area contributed by atoms with Gasteiger partial charge in [-0.15, -0.1) is 0 Å². The minimum atomic E-state index is -1.10. The number of rotatable bonds is 5. The predicted molar refractivity (Wildman–Crippen MR) is 89.5 cm³/mol. The minimum absolute atomic E-state index is 0.000126. The summed E-state index contributed by atoms with van der Waals surface area (Å²) in [5.41, 5.74) is 1.56. The standard InChI is InChI=1S/C17H13ClN2O3/c18-11-6-7-12-13(8-11)20-16(17(22)23)15(12)19-9-14(21)10-4-2-1-3-5-10/h1-8,19-20H,9H2,(H,22,23). The van der Waals surface area contributed by atoms with Crippen LogP contribution in [0.15, 0.2) is 48.5 Å². The first kappa shape index (κ1) is 15.1. The molecular formula is C17H13ClN2O3. The fourth-order valence-electron chi connectivity index (χ4n) is 2.41. The van der Waals surface area contributed by atoms with Crippen molar-refractivity contribution < 1.29 is 14.7 Å². The monoisotopic (exact) mass is 328 g/mol. The van der Waals surface area contributed by atoms with Crippen LogP contribution in [-0.2, 0) is 0 Å². The lowest BCUT2D eigenvalue weighted by Crippen LogP contribution is -2.15. The molecule has 0 saturated heterocycles. The second kappa shape index (κ2) is 6.14. The summed E-state index contributed by atoms with van der Waals surface area (Å²) in [7, 11) is 0. The first-order chi connectivity index (χ1) is 11.1. The molecule has 0 amide bonds. The van der Waals surface area contributed by atoms with Crippen molar-refractivity contribution >= 4 is 39.9 Å². The maximum atomic E-state index is 12.2. The number of H-pyrrole nitrogens is 1. The number of hydrogen-bond donors (Lipinski definition) is 3. The van der Waals surface area contributed by atoms with Crippen LogP contribution in [0.1, 0.15) is 20.8 Å². The van der Waals surface area contributed by atoms with E-state index in [1.807, 2.05) is 6.07 Å². The fourth-order valence-corrected chi connectivity index (χ4v) is 2.58. The van der Waals surface area contributed by atoms with E-state index >= 15 is 0 Å². The predicted octanol–water partition coefficient (Wildman–Crippen LogP) is 3.81. The van der Waals surface area contributed by atoms with Crippen LogP contribution in [0, 0.1) is 0 Å². The van der Waals surface area contributed by atoms with E-state index in [0.29, 0.717) is 27.2 Å². The van der Waals surface area contributed by atoms with E-state index in [1.54, 1.807) is 42.5 Å². The molecule has 2 aromatic carbocycles. The van der Waals surface area contributed by atoms with Crippen molar-refractivity contribution in [1.29, 1.82) is 0 Å². The number of carbonyl (C=O) groups is 2. The molecule has 3 aromatic rings. The van der Waals surface area contributed by atoms with Crippen LogP contribution in [0.5, 0.6) is 0 Å². The first-order valence-electron chi connectivity index (χ1n) is 6.93. The summed E-state index contributed by atoms with van der Waals surface area (Å²) in [6.45, 7) is -0.000126. The van der Waals surface area contributed by atoms with Gasteiger partial charge >= 0.3 is 5.97 Å². The molecule has 0 aliphatic carbocycles. The normalized spacial score (nSPS) is 10.7. The van der Waals surface area contributed by atoms with Crippen LogP contribution in [-0.4, -0.2) is 28.4 Å². The molecule has 0 atom stereocenters. The van der Waals surface area contributed by atoms with Crippen LogP contribution >= 0.6 is 11.6 Å². The Hall–Kier alpha value is -2.79. The van der Waals surface area contributed by atoms with E-state index in [-0.39, 0.29) is 18.0 Å². The molecule has 0 radical (unpaired) electrons. The highest BCUT2D eigenvalue weighted by Gasteiger charge is 2.18. The third kappa shape index (κ3) is 3.05. The number of aromatic amines is 1. The molecule has 0 unspecified atom stereocenters. The fraction of sp³-hybridized carbons (Fsp3) is 0.0588. The molecule has 6 heteroatoms. The first-order valence-corrected chi connectivity index (χ1v) is 7.30.